The van der Waals surface area contributed by atoms with Crippen LogP contribution >= 0.6 is 0 Å². The number of nitrogens with zero attached hydrogens (tertiary/aromatic N) is 1. The van der Waals surface area contributed by atoms with Gasteiger partial charge in [-0.1, -0.05) is 156 Å². The number of esters is 2. The van der Waals surface area contributed by atoms with Crippen LogP contribution in [-0.2, 0) is 19.1 Å². The number of hydrogen-bond donors (Lipinski definition) is 1. The van der Waals surface area contributed by atoms with E-state index in [0.29, 0.717) is 19.4 Å². The van der Waals surface area contributed by atoms with E-state index in [1.165, 1.54) is 135 Å². The van der Waals surface area contributed by atoms with Gasteiger partial charge in [-0.3, -0.25) is 9.59 Å². The summed E-state index contributed by atoms with van der Waals surface area (Å²) in [5, 5.41) is 9.57. The molecule has 6 nitrogen and oxygen atoms in total. The predicted octanol–water partition coefficient (Wildman–Crippen LogP) is 12.3. The molecule has 0 radical (unpaired) electrons. The molecule has 0 fully saturated rings. The van der Waals surface area contributed by atoms with Crippen molar-refractivity contribution in [3.05, 3.63) is 0 Å². The van der Waals surface area contributed by atoms with Crippen molar-refractivity contribution in [1.29, 1.82) is 0 Å². The van der Waals surface area contributed by atoms with E-state index in [0.717, 1.165) is 77.4 Å². The highest BCUT2D eigenvalue weighted by atomic mass is 16.5. The number of rotatable bonds is 40. The van der Waals surface area contributed by atoms with Crippen LogP contribution in [0.2, 0.25) is 0 Å². The molecule has 0 rings (SSSR count). The number of carbonyl (C=O) groups excluding carboxylic acids is 2. The van der Waals surface area contributed by atoms with Gasteiger partial charge in [0, 0.05) is 19.4 Å². The van der Waals surface area contributed by atoms with Gasteiger partial charge in [0.25, 0.3) is 0 Å². The maximum atomic E-state index is 12.7. The molecule has 0 amide bonds. The van der Waals surface area contributed by atoms with Crippen molar-refractivity contribution in [2.24, 2.45) is 0 Å². The second-order valence-electron chi connectivity index (χ2n) is 14.8. The molecule has 0 saturated heterocycles. The molecule has 1 N–H and O–H groups in total. The highest BCUT2D eigenvalue weighted by molar-refractivity contribution is 5.69. The number of unbranched alkanes of at least 4 members (excludes halogenated alkanes) is 23. The molecule has 49 heavy (non-hydrogen) atoms. The first-order valence-corrected chi connectivity index (χ1v) is 21.8. The standard InChI is InChI=1S/C43H85NO5/c1-4-7-10-12-21-25-32-41(33-26-22-13-11-8-5-2)49-43(47)35-28-30-37-44(38-39-45)36-29-24-20-18-16-14-15-17-19-23-27-34-42(46)48-40-31-9-6-3/h41,45H,4-40H2,1-3H3. The van der Waals surface area contributed by atoms with Gasteiger partial charge in [0.05, 0.1) is 13.2 Å². The topological polar surface area (TPSA) is 76.1 Å². The first-order chi connectivity index (χ1) is 24.1. The Labute approximate surface area is 305 Å². The van der Waals surface area contributed by atoms with Gasteiger partial charge in [-0.15, -0.1) is 0 Å². The van der Waals surface area contributed by atoms with Crippen LogP contribution in [0.5, 0.6) is 0 Å². The molecule has 0 saturated carbocycles. The zero-order valence-electron chi connectivity index (χ0n) is 33.3. The average Bonchev–Trinajstić information content (AvgIpc) is 3.09. The van der Waals surface area contributed by atoms with Gasteiger partial charge in [0.15, 0.2) is 0 Å². The molecule has 0 aromatic heterocycles. The predicted molar refractivity (Wildman–Crippen MR) is 209 cm³/mol. The molecule has 292 valence electrons. The van der Waals surface area contributed by atoms with Crippen LogP contribution in [0, 0.1) is 0 Å². The van der Waals surface area contributed by atoms with E-state index in [1.807, 2.05) is 0 Å². The van der Waals surface area contributed by atoms with E-state index >= 15 is 0 Å². The third kappa shape index (κ3) is 36.5. The lowest BCUT2D eigenvalue weighted by atomic mass is 10.0. The van der Waals surface area contributed by atoms with Gasteiger partial charge in [-0.2, -0.15) is 0 Å². The fourth-order valence-electron chi connectivity index (χ4n) is 6.70. The van der Waals surface area contributed by atoms with Gasteiger partial charge in [-0.05, 0) is 70.9 Å². The average molecular weight is 696 g/mol. The van der Waals surface area contributed by atoms with Crippen LogP contribution in [0.3, 0.4) is 0 Å². The monoisotopic (exact) mass is 696 g/mol. The number of carbonyl (C=O) groups is 2. The Morgan fingerprint density at radius 1 is 0.469 bits per heavy atom. The fourth-order valence-corrected chi connectivity index (χ4v) is 6.70. The van der Waals surface area contributed by atoms with Crippen LogP contribution in [0.4, 0.5) is 0 Å². The fraction of sp³-hybridized carbons (Fsp3) is 0.953. The van der Waals surface area contributed by atoms with E-state index in [-0.39, 0.29) is 24.6 Å². The minimum absolute atomic E-state index is 0.00855. The zero-order chi connectivity index (χ0) is 35.9. The summed E-state index contributed by atoms with van der Waals surface area (Å²) in [5.74, 6) is -0.0283. The largest absolute Gasteiger partial charge is 0.466 e. The zero-order valence-corrected chi connectivity index (χ0v) is 33.3. The molecular formula is C43H85NO5. The van der Waals surface area contributed by atoms with Gasteiger partial charge in [0.1, 0.15) is 6.10 Å². The lowest BCUT2D eigenvalue weighted by molar-refractivity contribution is -0.150. The molecule has 0 bridgehead atoms. The number of hydrogen-bond acceptors (Lipinski definition) is 6. The normalized spacial score (nSPS) is 11.6. The Bertz CT molecular complexity index is 671. The third-order valence-corrected chi connectivity index (χ3v) is 9.95. The maximum absolute atomic E-state index is 12.7. The van der Waals surface area contributed by atoms with Crippen LogP contribution in [0.15, 0.2) is 0 Å². The van der Waals surface area contributed by atoms with Gasteiger partial charge >= 0.3 is 11.9 Å². The molecule has 0 aromatic rings. The van der Waals surface area contributed by atoms with E-state index in [9.17, 15) is 14.7 Å². The Balaban J connectivity index is 3.95. The summed E-state index contributed by atoms with van der Waals surface area (Å²) in [6, 6.07) is 0. The number of aliphatic hydroxyl groups is 1. The van der Waals surface area contributed by atoms with Crippen molar-refractivity contribution < 1.29 is 24.2 Å². The summed E-state index contributed by atoms with van der Waals surface area (Å²) in [4.78, 5) is 26.8. The first-order valence-electron chi connectivity index (χ1n) is 21.8. The lowest BCUT2D eigenvalue weighted by Crippen LogP contribution is -2.29. The molecule has 0 aliphatic rings. The molecule has 0 heterocycles. The SMILES string of the molecule is CCCCCCCCC(CCCCCCCC)OC(=O)CCCCN(CCO)CCCCCCCCCCCCCC(=O)OCCCCC. The Morgan fingerprint density at radius 2 is 0.857 bits per heavy atom. The maximum Gasteiger partial charge on any atom is 0.306 e. The highest BCUT2D eigenvalue weighted by Crippen LogP contribution is 2.18. The Hall–Kier alpha value is -1.14. The van der Waals surface area contributed by atoms with E-state index in [4.69, 9.17) is 9.47 Å². The third-order valence-electron chi connectivity index (χ3n) is 9.95. The van der Waals surface area contributed by atoms with Gasteiger partial charge in [-0.25, -0.2) is 0 Å². The van der Waals surface area contributed by atoms with Crippen molar-refractivity contribution in [1.82, 2.24) is 4.90 Å². The second kappa shape index (κ2) is 39.6. The van der Waals surface area contributed by atoms with Gasteiger partial charge < -0.3 is 19.5 Å². The van der Waals surface area contributed by atoms with Crippen molar-refractivity contribution in [3.63, 3.8) is 0 Å². The van der Waals surface area contributed by atoms with Crippen molar-refractivity contribution in [2.75, 3.05) is 32.8 Å². The minimum atomic E-state index is -0.0198. The van der Waals surface area contributed by atoms with E-state index < -0.39 is 0 Å². The van der Waals surface area contributed by atoms with E-state index in [1.54, 1.807) is 0 Å². The summed E-state index contributed by atoms with van der Waals surface area (Å²) in [6.45, 7) is 10.2. The number of ether oxygens (including phenoxy) is 2. The van der Waals surface area contributed by atoms with E-state index in [2.05, 4.69) is 25.7 Å². The van der Waals surface area contributed by atoms with Crippen molar-refractivity contribution >= 4 is 11.9 Å². The van der Waals surface area contributed by atoms with Crippen LogP contribution in [0.1, 0.15) is 226 Å². The first kappa shape index (κ1) is 47.9. The molecule has 0 spiro atoms. The molecule has 0 aliphatic carbocycles. The minimum Gasteiger partial charge on any atom is -0.466 e. The second-order valence-corrected chi connectivity index (χ2v) is 14.8. The van der Waals surface area contributed by atoms with Crippen LogP contribution in [0.25, 0.3) is 0 Å². The Morgan fingerprint density at radius 3 is 1.37 bits per heavy atom. The van der Waals surface area contributed by atoms with Crippen LogP contribution in [-0.4, -0.2) is 60.9 Å². The van der Waals surface area contributed by atoms with Gasteiger partial charge in [0.2, 0.25) is 0 Å². The Kier molecular flexibility index (Phi) is 38.7. The molecule has 0 aliphatic heterocycles. The van der Waals surface area contributed by atoms with Crippen molar-refractivity contribution in [3.8, 4) is 0 Å². The summed E-state index contributed by atoms with van der Waals surface area (Å²) in [7, 11) is 0. The van der Waals surface area contributed by atoms with Crippen LogP contribution < -0.4 is 0 Å². The molecule has 0 atom stereocenters. The summed E-state index contributed by atoms with van der Waals surface area (Å²) in [6.07, 6.45) is 37.3. The summed E-state index contributed by atoms with van der Waals surface area (Å²) < 4.78 is 11.3. The smallest absolute Gasteiger partial charge is 0.306 e. The number of aliphatic hydroxyl groups excluding tert-OH is 1. The summed E-state index contributed by atoms with van der Waals surface area (Å²) >= 11 is 0. The molecule has 0 aromatic carbocycles. The molecule has 0 unspecified atom stereocenters. The quantitative estimate of drug-likeness (QED) is 0.0508. The molecule has 6 heteroatoms. The summed E-state index contributed by atoms with van der Waals surface area (Å²) in [5.41, 5.74) is 0. The highest BCUT2D eigenvalue weighted by Gasteiger charge is 2.15. The van der Waals surface area contributed by atoms with Crippen molar-refractivity contribution in [2.45, 2.75) is 232 Å². The lowest BCUT2D eigenvalue weighted by Gasteiger charge is -2.21. The molecular weight excluding hydrogens is 610 g/mol.